The lowest BCUT2D eigenvalue weighted by Crippen LogP contribution is -2.38. The number of likely N-dealkylation sites (tertiary alicyclic amines) is 1. The van der Waals surface area contributed by atoms with Crippen LogP contribution >= 0.6 is 0 Å². The van der Waals surface area contributed by atoms with Crippen LogP contribution in [-0.2, 0) is 0 Å². The molecule has 0 aromatic heterocycles. The lowest BCUT2D eigenvalue weighted by molar-refractivity contribution is 0.169. The van der Waals surface area contributed by atoms with Crippen LogP contribution in [0.5, 0.6) is 0 Å². The third kappa shape index (κ3) is 7.05. The molecule has 0 bridgehead atoms. The molecule has 102 valence electrons. The molecule has 17 heavy (non-hydrogen) atoms. The zero-order valence-corrected chi connectivity index (χ0v) is 12.4. The van der Waals surface area contributed by atoms with Crippen LogP contribution in [0.25, 0.3) is 0 Å². The summed E-state index contributed by atoms with van der Waals surface area (Å²) >= 11 is 0. The van der Waals surface area contributed by atoms with Crippen molar-refractivity contribution < 1.29 is 0 Å². The summed E-state index contributed by atoms with van der Waals surface area (Å²) in [5.41, 5.74) is 0.276. The van der Waals surface area contributed by atoms with Crippen LogP contribution < -0.4 is 5.32 Å². The first kappa shape index (κ1) is 15.0. The van der Waals surface area contributed by atoms with Crippen molar-refractivity contribution in [3.05, 3.63) is 0 Å². The molecular weight excluding hydrogens is 208 g/mol. The van der Waals surface area contributed by atoms with E-state index in [9.17, 15) is 0 Å². The minimum atomic E-state index is 0.276. The summed E-state index contributed by atoms with van der Waals surface area (Å²) in [6.45, 7) is 14.2. The number of nitrogens with one attached hydrogen (secondary N) is 1. The Bertz CT molecular complexity index is 196. The van der Waals surface area contributed by atoms with Crippen molar-refractivity contribution in [1.29, 1.82) is 0 Å². The molecule has 0 aliphatic carbocycles. The largest absolute Gasteiger partial charge is 0.312 e. The fourth-order valence-corrected chi connectivity index (χ4v) is 2.61. The van der Waals surface area contributed by atoms with E-state index in [1.54, 1.807) is 0 Å². The van der Waals surface area contributed by atoms with Crippen molar-refractivity contribution >= 4 is 0 Å². The van der Waals surface area contributed by atoms with Crippen LogP contribution in [0.1, 0.15) is 59.8 Å². The van der Waals surface area contributed by atoms with Gasteiger partial charge >= 0.3 is 0 Å². The van der Waals surface area contributed by atoms with E-state index in [0.717, 1.165) is 12.5 Å². The van der Waals surface area contributed by atoms with Gasteiger partial charge in [-0.3, -0.25) is 0 Å². The van der Waals surface area contributed by atoms with Gasteiger partial charge < -0.3 is 10.2 Å². The van der Waals surface area contributed by atoms with Gasteiger partial charge in [-0.25, -0.2) is 0 Å². The van der Waals surface area contributed by atoms with Crippen LogP contribution in [0.2, 0.25) is 0 Å². The normalized spacial score (nSPS) is 22.9. The van der Waals surface area contributed by atoms with Crippen molar-refractivity contribution in [2.45, 2.75) is 65.3 Å². The minimum Gasteiger partial charge on any atom is -0.312 e. The van der Waals surface area contributed by atoms with Crippen LogP contribution in [0.4, 0.5) is 0 Å². The average Bonchev–Trinajstić information content (AvgIpc) is 2.27. The van der Waals surface area contributed by atoms with Crippen molar-refractivity contribution in [2.75, 3.05) is 26.2 Å². The van der Waals surface area contributed by atoms with Crippen LogP contribution in [0.15, 0.2) is 0 Å². The van der Waals surface area contributed by atoms with Gasteiger partial charge in [0.25, 0.3) is 0 Å². The maximum atomic E-state index is 3.56. The van der Waals surface area contributed by atoms with E-state index >= 15 is 0 Å². The molecule has 0 saturated carbocycles. The van der Waals surface area contributed by atoms with Gasteiger partial charge in [0.1, 0.15) is 0 Å². The summed E-state index contributed by atoms with van der Waals surface area (Å²) in [5, 5.41) is 3.56. The Morgan fingerprint density at radius 2 is 2.00 bits per heavy atom. The molecule has 1 fully saturated rings. The molecule has 1 atom stereocenters. The predicted molar refractivity (Wildman–Crippen MR) is 76.4 cm³/mol. The number of nitrogens with zero attached hydrogens (tertiary/aromatic N) is 1. The number of hydrogen-bond acceptors (Lipinski definition) is 2. The van der Waals surface area contributed by atoms with E-state index in [2.05, 4.69) is 37.9 Å². The summed E-state index contributed by atoms with van der Waals surface area (Å²) in [7, 11) is 0. The summed E-state index contributed by atoms with van der Waals surface area (Å²) < 4.78 is 0. The van der Waals surface area contributed by atoms with E-state index < -0.39 is 0 Å². The third-order valence-corrected chi connectivity index (χ3v) is 3.74. The number of rotatable bonds is 6. The smallest absolute Gasteiger partial charge is 0.00965 e. The second-order valence-electron chi connectivity index (χ2n) is 6.60. The van der Waals surface area contributed by atoms with Gasteiger partial charge in [0, 0.05) is 12.1 Å². The maximum absolute atomic E-state index is 3.56. The first-order valence-electron chi connectivity index (χ1n) is 7.48. The molecule has 1 unspecified atom stereocenters. The first-order chi connectivity index (χ1) is 8.01. The summed E-state index contributed by atoms with van der Waals surface area (Å²) in [6.07, 6.45) is 6.89. The van der Waals surface area contributed by atoms with Crippen LogP contribution in [-0.4, -0.2) is 36.6 Å². The number of hydrogen-bond donors (Lipinski definition) is 1. The lowest BCUT2D eigenvalue weighted by atomic mass is 9.95. The second kappa shape index (κ2) is 7.38. The van der Waals surface area contributed by atoms with Gasteiger partial charge in [-0.05, 0) is 72.0 Å². The Hall–Kier alpha value is -0.0800. The molecule has 0 aromatic rings. The Balaban J connectivity index is 2.02. The van der Waals surface area contributed by atoms with E-state index in [1.165, 1.54) is 51.7 Å². The standard InChI is InChI=1S/C15H32N2/c1-5-14-9-8-12-17(13-14)11-7-6-10-16-15(2,3)4/h14,16H,5-13H2,1-4H3. The molecule has 2 heteroatoms. The fraction of sp³-hybridized carbons (Fsp3) is 1.00. The summed E-state index contributed by atoms with van der Waals surface area (Å²) in [4.78, 5) is 2.68. The van der Waals surface area contributed by atoms with E-state index in [4.69, 9.17) is 0 Å². The Kier molecular flexibility index (Phi) is 6.50. The second-order valence-corrected chi connectivity index (χ2v) is 6.60. The summed E-state index contributed by atoms with van der Waals surface area (Å²) in [5.74, 6) is 0.969. The van der Waals surface area contributed by atoms with Gasteiger partial charge in [0.15, 0.2) is 0 Å². The van der Waals surface area contributed by atoms with Gasteiger partial charge in [0.05, 0.1) is 0 Å². The molecule has 1 heterocycles. The van der Waals surface area contributed by atoms with Gasteiger partial charge in [-0.1, -0.05) is 13.3 Å². The fourth-order valence-electron chi connectivity index (χ4n) is 2.61. The van der Waals surface area contributed by atoms with Crippen molar-refractivity contribution in [2.24, 2.45) is 5.92 Å². The van der Waals surface area contributed by atoms with Crippen molar-refractivity contribution in [3.63, 3.8) is 0 Å². The first-order valence-corrected chi connectivity index (χ1v) is 7.48. The third-order valence-electron chi connectivity index (χ3n) is 3.74. The lowest BCUT2D eigenvalue weighted by Gasteiger charge is -2.32. The monoisotopic (exact) mass is 240 g/mol. The molecule has 1 rings (SSSR count). The van der Waals surface area contributed by atoms with Gasteiger partial charge in [-0.2, -0.15) is 0 Å². The summed E-state index contributed by atoms with van der Waals surface area (Å²) in [6, 6.07) is 0. The average molecular weight is 240 g/mol. The Morgan fingerprint density at radius 1 is 1.24 bits per heavy atom. The highest BCUT2D eigenvalue weighted by molar-refractivity contribution is 4.73. The molecule has 1 aliphatic rings. The molecule has 0 amide bonds. The zero-order valence-electron chi connectivity index (χ0n) is 12.4. The van der Waals surface area contributed by atoms with E-state index in [1.807, 2.05) is 0 Å². The molecule has 1 N–H and O–H groups in total. The molecular formula is C15H32N2. The highest BCUT2D eigenvalue weighted by Gasteiger charge is 2.17. The highest BCUT2D eigenvalue weighted by Crippen LogP contribution is 2.19. The molecule has 0 aromatic carbocycles. The molecule has 0 spiro atoms. The van der Waals surface area contributed by atoms with E-state index in [0.29, 0.717) is 0 Å². The molecule has 2 nitrogen and oxygen atoms in total. The molecule has 0 radical (unpaired) electrons. The molecule has 1 saturated heterocycles. The Morgan fingerprint density at radius 3 is 2.65 bits per heavy atom. The van der Waals surface area contributed by atoms with Crippen molar-refractivity contribution in [3.8, 4) is 0 Å². The minimum absolute atomic E-state index is 0.276. The van der Waals surface area contributed by atoms with Crippen molar-refractivity contribution in [1.82, 2.24) is 10.2 Å². The molecule has 1 aliphatic heterocycles. The maximum Gasteiger partial charge on any atom is 0.00965 e. The SMILES string of the molecule is CCC1CCCN(CCCCNC(C)(C)C)C1. The van der Waals surface area contributed by atoms with E-state index in [-0.39, 0.29) is 5.54 Å². The van der Waals surface area contributed by atoms with Crippen LogP contribution in [0.3, 0.4) is 0 Å². The zero-order chi connectivity index (χ0) is 12.7. The Labute approximate surface area is 108 Å². The predicted octanol–water partition coefficient (Wildman–Crippen LogP) is 3.28. The number of unbranched alkanes of at least 4 members (excludes halogenated alkanes) is 1. The highest BCUT2D eigenvalue weighted by atomic mass is 15.1. The topological polar surface area (TPSA) is 15.3 Å². The van der Waals surface area contributed by atoms with Crippen LogP contribution in [0, 0.1) is 5.92 Å². The number of piperidine rings is 1. The quantitative estimate of drug-likeness (QED) is 0.717. The van der Waals surface area contributed by atoms with Gasteiger partial charge in [-0.15, -0.1) is 0 Å². The van der Waals surface area contributed by atoms with Gasteiger partial charge in [0.2, 0.25) is 0 Å².